The number of halogens is 3. The summed E-state index contributed by atoms with van der Waals surface area (Å²) in [5, 5.41) is 3.89. The Hall–Kier alpha value is -3.27. The number of nitrogen functional groups attached to an aromatic ring is 1. The van der Waals surface area contributed by atoms with Crippen LogP contribution in [-0.2, 0) is 10.9 Å². The Labute approximate surface area is 208 Å². The van der Waals surface area contributed by atoms with E-state index >= 15 is 0 Å². The molecule has 3 N–H and O–H groups in total. The summed E-state index contributed by atoms with van der Waals surface area (Å²) in [4.78, 5) is 9.04. The monoisotopic (exact) mass is 504 g/mol. The summed E-state index contributed by atoms with van der Waals surface area (Å²) in [6.07, 6.45) is -2.40. The van der Waals surface area contributed by atoms with Crippen molar-refractivity contribution >= 4 is 22.4 Å². The predicted molar refractivity (Wildman–Crippen MR) is 132 cm³/mol. The molecule has 2 aromatic carbocycles. The van der Waals surface area contributed by atoms with Gasteiger partial charge in [-0.25, -0.2) is 9.97 Å². The molecule has 3 aromatic rings. The first kappa shape index (κ1) is 25.8. The topological polar surface area (TPSA) is 91.5 Å². The van der Waals surface area contributed by atoms with Crippen molar-refractivity contribution in [2.45, 2.75) is 51.9 Å². The molecule has 0 saturated heterocycles. The molecule has 1 unspecified atom stereocenters. The number of anilines is 2. The quantitative estimate of drug-likeness (QED) is 0.350. The molecule has 0 bridgehead atoms. The third kappa shape index (κ3) is 5.28. The first-order chi connectivity index (χ1) is 17.0. The normalized spacial score (nSPS) is 16.4. The summed E-state index contributed by atoms with van der Waals surface area (Å²) in [5.41, 5.74) is 5.99. The Balaban J connectivity index is 1.67. The average molecular weight is 505 g/mol. The van der Waals surface area contributed by atoms with Crippen molar-refractivity contribution in [1.29, 1.82) is 0 Å². The number of rotatable bonds is 9. The highest BCUT2D eigenvalue weighted by atomic mass is 19.4. The number of methoxy groups -OCH3 is 2. The largest absolute Gasteiger partial charge is 0.493 e. The summed E-state index contributed by atoms with van der Waals surface area (Å²) < 4.78 is 57.2. The number of benzene rings is 2. The van der Waals surface area contributed by atoms with Gasteiger partial charge in [-0.3, -0.25) is 0 Å². The second kappa shape index (κ2) is 9.65. The van der Waals surface area contributed by atoms with E-state index in [9.17, 15) is 13.2 Å². The van der Waals surface area contributed by atoms with Crippen molar-refractivity contribution in [3.05, 3.63) is 47.3 Å². The molecule has 1 fully saturated rings. The fourth-order valence-electron chi connectivity index (χ4n) is 4.31. The lowest BCUT2D eigenvalue weighted by molar-refractivity contribution is -0.137. The summed E-state index contributed by atoms with van der Waals surface area (Å²) in [6, 6.07) is 6.59. The SMILES string of the molecule is COc1cc2nc(C)nc(N[C@H](C)c3cc(N)cc(C(F)(F)F)c3)c2cc1OCC1(C(C)OC)CC1. The zero-order valence-electron chi connectivity index (χ0n) is 21.0. The van der Waals surface area contributed by atoms with Gasteiger partial charge >= 0.3 is 6.18 Å². The van der Waals surface area contributed by atoms with Crippen LogP contribution in [0.4, 0.5) is 24.7 Å². The van der Waals surface area contributed by atoms with Crippen LogP contribution in [0.5, 0.6) is 11.5 Å². The minimum atomic E-state index is -4.50. The van der Waals surface area contributed by atoms with Crippen LogP contribution < -0.4 is 20.5 Å². The van der Waals surface area contributed by atoms with Crippen LogP contribution in [-0.4, -0.2) is 36.9 Å². The van der Waals surface area contributed by atoms with E-state index in [0.717, 1.165) is 25.0 Å². The van der Waals surface area contributed by atoms with Crippen LogP contribution >= 0.6 is 0 Å². The summed E-state index contributed by atoms with van der Waals surface area (Å²) in [5.74, 6) is 2.04. The molecule has 4 rings (SSSR count). The van der Waals surface area contributed by atoms with Crippen molar-refractivity contribution < 1.29 is 27.4 Å². The van der Waals surface area contributed by atoms with Crippen molar-refractivity contribution in [3.63, 3.8) is 0 Å². The Morgan fingerprint density at radius 1 is 1.06 bits per heavy atom. The molecule has 36 heavy (non-hydrogen) atoms. The summed E-state index contributed by atoms with van der Waals surface area (Å²) in [6.45, 7) is 6.01. The lowest BCUT2D eigenvalue weighted by Crippen LogP contribution is -2.27. The first-order valence-electron chi connectivity index (χ1n) is 11.7. The highest BCUT2D eigenvalue weighted by molar-refractivity contribution is 5.92. The van der Waals surface area contributed by atoms with E-state index in [1.54, 1.807) is 40.2 Å². The molecule has 1 heterocycles. The van der Waals surface area contributed by atoms with Crippen LogP contribution in [0.3, 0.4) is 0 Å². The number of aryl methyl sites for hydroxylation is 1. The highest BCUT2D eigenvalue weighted by Gasteiger charge is 2.48. The number of alkyl halides is 3. The third-order valence-corrected chi connectivity index (χ3v) is 6.87. The number of nitrogens with one attached hydrogen (secondary N) is 1. The van der Waals surface area contributed by atoms with Gasteiger partial charge in [0.1, 0.15) is 11.6 Å². The summed E-state index contributed by atoms with van der Waals surface area (Å²) in [7, 11) is 3.25. The highest BCUT2D eigenvalue weighted by Crippen LogP contribution is 2.50. The third-order valence-electron chi connectivity index (χ3n) is 6.87. The lowest BCUT2D eigenvalue weighted by Gasteiger charge is -2.23. The van der Waals surface area contributed by atoms with E-state index < -0.39 is 17.8 Å². The first-order valence-corrected chi connectivity index (χ1v) is 11.7. The standard InChI is InChI=1S/C26H31F3N4O3/c1-14(17-8-18(26(27,28)29)10-19(30)9-17)31-24-20-11-23(36-13-25(6-7-25)15(2)34-4)22(35-5)12-21(20)32-16(3)33-24/h8-12,14-15H,6-7,13,30H2,1-5H3,(H,31,32,33)/t14-,15?/m1/s1. The van der Waals surface area contributed by atoms with Crippen molar-refractivity contribution in [1.82, 2.24) is 9.97 Å². The summed E-state index contributed by atoms with van der Waals surface area (Å²) >= 11 is 0. The molecular formula is C26H31F3N4O3. The van der Waals surface area contributed by atoms with Gasteiger partial charge in [-0.15, -0.1) is 0 Å². The fraction of sp³-hybridized carbons (Fsp3) is 0.462. The van der Waals surface area contributed by atoms with Gasteiger partial charge in [0.2, 0.25) is 0 Å². The Morgan fingerprint density at radius 3 is 2.39 bits per heavy atom. The zero-order chi connectivity index (χ0) is 26.3. The molecule has 1 saturated carbocycles. The van der Waals surface area contributed by atoms with Gasteiger partial charge in [0, 0.05) is 29.7 Å². The molecule has 0 amide bonds. The van der Waals surface area contributed by atoms with Crippen LogP contribution in [0.25, 0.3) is 10.9 Å². The van der Waals surface area contributed by atoms with Gasteiger partial charge in [0.05, 0.1) is 36.9 Å². The second-order valence-electron chi connectivity index (χ2n) is 9.42. The molecule has 194 valence electrons. The van der Waals surface area contributed by atoms with E-state index in [2.05, 4.69) is 15.3 Å². The van der Waals surface area contributed by atoms with Crippen molar-refractivity contribution in [3.8, 4) is 11.5 Å². The van der Waals surface area contributed by atoms with E-state index in [1.165, 1.54) is 6.07 Å². The number of hydrogen-bond acceptors (Lipinski definition) is 7. The average Bonchev–Trinajstić information content (AvgIpc) is 3.62. The van der Waals surface area contributed by atoms with Crippen LogP contribution in [0.15, 0.2) is 30.3 Å². The Kier molecular flexibility index (Phi) is 6.92. The van der Waals surface area contributed by atoms with Gasteiger partial charge < -0.3 is 25.3 Å². The van der Waals surface area contributed by atoms with Crippen LogP contribution in [0, 0.1) is 12.3 Å². The van der Waals surface area contributed by atoms with Gasteiger partial charge in [0.25, 0.3) is 0 Å². The van der Waals surface area contributed by atoms with E-state index in [0.29, 0.717) is 46.2 Å². The van der Waals surface area contributed by atoms with Crippen LogP contribution in [0.1, 0.15) is 49.7 Å². The molecule has 0 aliphatic heterocycles. The lowest BCUT2D eigenvalue weighted by atomic mass is 10.0. The van der Waals surface area contributed by atoms with Gasteiger partial charge in [0.15, 0.2) is 11.5 Å². The van der Waals surface area contributed by atoms with Gasteiger partial charge in [-0.1, -0.05) is 0 Å². The molecule has 2 atom stereocenters. The maximum Gasteiger partial charge on any atom is 0.416 e. The number of nitrogens with zero attached hydrogens (tertiary/aromatic N) is 2. The smallest absolute Gasteiger partial charge is 0.416 e. The van der Waals surface area contributed by atoms with Crippen molar-refractivity contribution in [2.75, 3.05) is 31.9 Å². The molecule has 1 aliphatic carbocycles. The number of nitrogens with two attached hydrogens (primary N) is 1. The number of fused-ring (bicyclic) bond motifs is 1. The van der Waals surface area contributed by atoms with E-state index in [-0.39, 0.29) is 17.2 Å². The number of ether oxygens (including phenoxy) is 3. The number of aromatic nitrogens is 2. The molecule has 0 radical (unpaired) electrons. The minimum Gasteiger partial charge on any atom is -0.493 e. The fourth-order valence-corrected chi connectivity index (χ4v) is 4.31. The Bertz CT molecular complexity index is 1260. The molecular weight excluding hydrogens is 473 g/mol. The van der Waals surface area contributed by atoms with Gasteiger partial charge in [-0.05, 0) is 63.4 Å². The molecule has 7 nitrogen and oxygen atoms in total. The van der Waals surface area contributed by atoms with Crippen molar-refractivity contribution in [2.24, 2.45) is 5.41 Å². The predicted octanol–water partition coefficient (Wildman–Crippen LogP) is 5.91. The molecule has 10 heteroatoms. The zero-order valence-corrected chi connectivity index (χ0v) is 21.0. The molecule has 1 aromatic heterocycles. The number of hydrogen-bond donors (Lipinski definition) is 2. The Morgan fingerprint density at radius 2 is 1.78 bits per heavy atom. The minimum absolute atomic E-state index is 0.0302. The van der Waals surface area contributed by atoms with E-state index in [4.69, 9.17) is 19.9 Å². The second-order valence-corrected chi connectivity index (χ2v) is 9.42. The maximum absolute atomic E-state index is 13.3. The van der Waals surface area contributed by atoms with Crippen LogP contribution in [0.2, 0.25) is 0 Å². The maximum atomic E-state index is 13.3. The molecule has 0 spiro atoms. The van der Waals surface area contributed by atoms with E-state index in [1.807, 2.05) is 6.92 Å². The van der Waals surface area contributed by atoms with Gasteiger partial charge in [-0.2, -0.15) is 13.2 Å². The molecule has 1 aliphatic rings.